The van der Waals surface area contributed by atoms with Gasteiger partial charge >= 0.3 is 4.87 Å². The number of nitrogens with one attached hydrogen (secondary N) is 1. The molecule has 0 spiro atoms. The van der Waals surface area contributed by atoms with Crippen LogP contribution in [0.15, 0.2) is 34.4 Å². The molecule has 0 aliphatic rings. The third-order valence-electron chi connectivity index (χ3n) is 2.02. The lowest BCUT2D eigenvalue weighted by molar-refractivity contribution is 1.07. The summed E-state index contributed by atoms with van der Waals surface area (Å²) in [6.07, 6.45) is 0. The molecule has 0 bridgehead atoms. The van der Waals surface area contributed by atoms with Gasteiger partial charge in [-0.15, -0.1) is 0 Å². The maximum Gasteiger partial charge on any atom is 0.304 e. The van der Waals surface area contributed by atoms with Crippen molar-refractivity contribution in [1.82, 2.24) is 4.98 Å². The molecule has 2 rings (SSSR count). The lowest BCUT2D eigenvalue weighted by atomic mass is 10.1. The van der Waals surface area contributed by atoms with Gasteiger partial charge < -0.3 is 10.7 Å². The highest BCUT2D eigenvalue weighted by Gasteiger charge is 1.99. The Morgan fingerprint density at radius 1 is 1.29 bits per heavy atom. The first-order chi connectivity index (χ1) is 6.79. The van der Waals surface area contributed by atoms with Crippen LogP contribution in [0.4, 0.5) is 0 Å². The number of nitrogens with two attached hydrogens (primary N) is 1. The molecule has 2 aromatic rings. The maximum atomic E-state index is 10.9. The number of rotatable bonds is 2. The molecule has 72 valence electrons. The van der Waals surface area contributed by atoms with Crippen LogP contribution in [0.3, 0.4) is 0 Å². The predicted molar refractivity (Wildman–Crippen MR) is 58.3 cm³/mol. The van der Waals surface area contributed by atoms with E-state index in [-0.39, 0.29) is 4.87 Å². The molecule has 0 unspecified atom stereocenters. The Morgan fingerprint density at radius 2 is 2.00 bits per heavy atom. The minimum absolute atomic E-state index is 0.0251. The SMILES string of the molecule is NCc1ccc(-c2csc(=O)[nH]2)cc1. The van der Waals surface area contributed by atoms with Crippen molar-refractivity contribution >= 4 is 11.3 Å². The molecule has 0 atom stereocenters. The molecule has 0 aliphatic carbocycles. The van der Waals surface area contributed by atoms with Gasteiger partial charge in [0, 0.05) is 11.9 Å². The second-order valence-electron chi connectivity index (χ2n) is 2.96. The first kappa shape index (κ1) is 9.18. The molecule has 1 aromatic carbocycles. The van der Waals surface area contributed by atoms with Gasteiger partial charge in [0.1, 0.15) is 0 Å². The minimum atomic E-state index is -0.0251. The monoisotopic (exact) mass is 206 g/mol. The summed E-state index contributed by atoms with van der Waals surface area (Å²) < 4.78 is 0. The van der Waals surface area contributed by atoms with Crippen molar-refractivity contribution in [3.63, 3.8) is 0 Å². The number of benzene rings is 1. The summed E-state index contributed by atoms with van der Waals surface area (Å²) in [6, 6.07) is 7.84. The zero-order chi connectivity index (χ0) is 9.97. The zero-order valence-corrected chi connectivity index (χ0v) is 8.30. The largest absolute Gasteiger partial charge is 0.326 e. The van der Waals surface area contributed by atoms with Crippen molar-refractivity contribution in [2.75, 3.05) is 0 Å². The molecule has 4 heteroatoms. The molecule has 14 heavy (non-hydrogen) atoms. The highest BCUT2D eigenvalue weighted by Crippen LogP contribution is 2.17. The molecule has 3 nitrogen and oxygen atoms in total. The van der Waals surface area contributed by atoms with E-state index in [1.807, 2.05) is 29.6 Å². The van der Waals surface area contributed by atoms with Gasteiger partial charge in [-0.25, -0.2) is 0 Å². The molecule has 0 fully saturated rings. The molecule has 0 radical (unpaired) electrons. The molecular weight excluding hydrogens is 196 g/mol. The van der Waals surface area contributed by atoms with E-state index in [1.165, 1.54) is 11.3 Å². The Hall–Kier alpha value is -1.39. The van der Waals surface area contributed by atoms with Gasteiger partial charge in [0.15, 0.2) is 0 Å². The summed E-state index contributed by atoms with van der Waals surface area (Å²) in [5, 5.41) is 1.82. The highest BCUT2D eigenvalue weighted by molar-refractivity contribution is 7.07. The van der Waals surface area contributed by atoms with Crippen LogP contribution in [0.2, 0.25) is 0 Å². The third kappa shape index (κ3) is 1.76. The summed E-state index contributed by atoms with van der Waals surface area (Å²) >= 11 is 1.17. The van der Waals surface area contributed by atoms with E-state index in [9.17, 15) is 4.79 Å². The van der Waals surface area contributed by atoms with Crippen LogP contribution in [0.25, 0.3) is 11.3 Å². The average Bonchev–Trinajstić information content (AvgIpc) is 2.65. The Bertz CT molecular complexity index is 469. The number of H-pyrrole nitrogens is 1. The van der Waals surface area contributed by atoms with Crippen LogP contribution in [0.5, 0.6) is 0 Å². The first-order valence-electron chi connectivity index (χ1n) is 4.27. The quantitative estimate of drug-likeness (QED) is 0.783. The number of hydrogen-bond acceptors (Lipinski definition) is 3. The molecule has 0 saturated carbocycles. The van der Waals surface area contributed by atoms with Gasteiger partial charge in [-0.3, -0.25) is 4.79 Å². The Morgan fingerprint density at radius 3 is 2.50 bits per heavy atom. The van der Waals surface area contributed by atoms with Gasteiger partial charge in [-0.2, -0.15) is 0 Å². The number of thiazole rings is 1. The van der Waals surface area contributed by atoms with Crippen LogP contribution in [-0.2, 0) is 6.54 Å². The van der Waals surface area contributed by atoms with Crippen LogP contribution in [-0.4, -0.2) is 4.98 Å². The van der Waals surface area contributed by atoms with Gasteiger partial charge in [0.25, 0.3) is 0 Å². The normalized spacial score (nSPS) is 10.4. The Balaban J connectivity index is 2.38. The van der Waals surface area contributed by atoms with E-state index >= 15 is 0 Å². The number of aromatic amines is 1. The van der Waals surface area contributed by atoms with E-state index in [4.69, 9.17) is 5.73 Å². The second-order valence-corrected chi connectivity index (χ2v) is 3.81. The summed E-state index contributed by atoms with van der Waals surface area (Å²) in [5.41, 5.74) is 8.45. The maximum absolute atomic E-state index is 10.9. The van der Waals surface area contributed by atoms with E-state index in [1.54, 1.807) is 0 Å². The number of hydrogen-bond donors (Lipinski definition) is 2. The Kier molecular flexibility index (Phi) is 2.47. The smallest absolute Gasteiger partial charge is 0.304 e. The van der Waals surface area contributed by atoms with Gasteiger partial charge in [0.05, 0.1) is 5.69 Å². The van der Waals surface area contributed by atoms with Crippen LogP contribution in [0.1, 0.15) is 5.56 Å². The summed E-state index contributed by atoms with van der Waals surface area (Å²) in [4.78, 5) is 13.7. The van der Waals surface area contributed by atoms with Crippen LogP contribution >= 0.6 is 11.3 Å². The van der Waals surface area contributed by atoms with Gasteiger partial charge in [0.2, 0.25) is 0 Å². The van der Waals surface area contributed by atoms with Gasteiger partial charge in [-0.05, 0) is 11.1 Å². The lowest BCUT2D eigenvalue weighted by Crippen LogP contribution is -1.96. The number of aromatic nitrogens is 1. The summed E-state index contributed by atoms with van der Waals surface area (Å²) in [6.45, 7) is 0.542. The van der Waals surface area contributed by atoms with Gasteiger partial charge in [-0.1, -0.05) is 35.6 Å². The topological polar surface area (TPSA) is 58.9 Å². The van der Waals surface area contributed by atoms with E-state index in [2.05, 4.69) is 4.98 Å². The first-order valence-corrected chi connectivity index (χ1v) is 5.15. The predicted octanol–water partition coefficient (Wildman–Crippen LogP) is 1.56. The highest BCUT2D eigenvalue weighted by atomic mass is 32.1. The fourth-order valence-electron chi connectivity index (χ4n) is 1.24. The lowest BCUT2D eigenvalue weighted by Gasteiger charge is -1.99. The molecule has 0 aliphatic heterocycles. The van der Waals surface area contributed by atoms with Crippen molar-refractivity contribution in [3.8, 4) is 11.3 Å². The van der Waals surface area contributed by atoms with E-state index in [0.717, 1.165) is 16.8 Å². The van der Waals surface area contributed by atoms with Crippen molar-refractivity contribution in [1.29, 1.82) is 0 Å². The van der Waals surface area contributed by atoms with Crippen LogP contribution < -0.4 is 10.6 Å². The van der Waals surface area contributed by atoms with Crippen LogP contribution in [0, 0.1) is 0 Å². The molecule has 1 heterocycles. The summed E-state index contributed by atoms with van der Waals surface area (Å²) in [5.74, 6) is 0. The fraction of sp³-hybridized carbons (Fsp3) is 0.100. The fourth-order valence-corrected chi connectivity index (χ4v) is 1.83. The van der Waals surface area contributed by atoms with Crippen molar-refractivity contribution in [3.05, 3.63) is 44.9 Å². The second kappa shape index (κ2) is 3.77. The molecule has 0 amide bonds. The third-order valence-corrected chi connectivity index (χ3v) is 2.69. The average molecular weight is 206 g/mol. The van der Waals surface area contributed by atoms with Crippen molar-refractivity contribution in [2.45, 2.75) is 6.54 Å². The summed E-state index contributed by atoms with van der Waals surface area (Å²) in [7, 11) is 0. The molecular formula is C10H10N2OS. The molecule has 3 N–H and O–H groups in total. The van der Waals surface area contributed by atoms with E-state index < -0.39 is 0 Å². The molecule has 0 saturated heterocycles. The minimum Gasteiger partial charge on any atom is -0.326 e. The van der Waals surface area contributed by atoms with E-state index in [0.29, 0.717) is 6.54 Å². The zero-order valence-electron chi connectivity index (χ0n) is 7.49. The molecule has 1 aromatic heterocycles. The standard InChI is InChI=1S/C10H10N2OS/c11-5-7-1-3-8(4-2-7)9-6-14-10(13)12-9/h1-4,6H,5,11H2,(H,12,13). The van der Waals surface area contributed by atoms with Crippen molar-refractivity contribution < 1.29 is 0 Å². The Labute approximate surface area is 85.2 Å². The van der Waals surface area contributed by atoms with Crippen molar-refractivity contribution in [2.24, 2.45) is 5.73 Å².